The summed E-state index contributed by atoms with van der Waals surface area (Å²) in [5.74, 6) is 0.358. The largest absolute Gasteiger partial charge is 0.494 e. The summed E-state index contributed by atoms with van der Waals surface area (Å²) in [5.41, 5.74) is 2.63. The van der Waals surface area contributed by atoms with Gasteiger partial charge in [-0.15, -0.1) is 0 Å². The lowest BCUT2D eigenvalue weighted by atomic mass is 10.1. The zero-order valence-electron chi connectivity index (χ0n) is 15.3. The molecule has 6 nitrogen and oxygen atoms in total. The zero-order valence-corrected chi connectivity index (χ0v) is 15.3. The normalized spacial score (nSPS) is 10.4. The number of rotatable bonds is 6. The molecule has 0 aliphatic heterocycles. The van der Waals surface area contributed by atoms with Gasteiger partial charge in [0, 0.05) is 11.8 Å². The molecule has 3 aromatic rings. The zero-order chi connectivity index (χ0) is 19.2. The van der Waals surface area contributed by atoms with E-state index in [1.165, 1.54) is 16.8 Å². The van der Waals surface area contributed by atoms with E-state index >= 15 is 0 Å². The average Bonchev–Trinajstić information content (AvgIpc) is 2.67. The van der Waals surface area contributed by atoms with Crippen LogP contribution in [0.25, 0.3) is 0 Å². The lowest BCUT2D eigenvalue weighted by Crippen LogP contribution is -2.26. The standard InChI is InChI=1S/C21H21N3O3/c1-3-27-18-10-8-17(9-11-18)22-21(26)19-12-13-20(25)24(23-19)14-16-6-4-15(2)5-7-16/h4-13H,3,14H2,1-2H3,(H,22,26). The Hall–Kier alpha value is -3.41. The molecule has 138 valence electrons. The predicted octanol–water partition coefficient (Wildman–Crippen LogP) is 3.25. The number of benzene rings is 2. The topological polar surface area (TPSA) is 73.2 Å². The molecule has 6 heteroatoms. The Morgan fingerprint density at radius 1 is 1.04 bits per heavy atom. The second kappa shape index (κ2) is 8.31. The third-order valence-electron chi connectivity index (χ3n) is 3.98. The smallest absolute Gasteiger partial charge is 0.276 e. The van der Waals surface area contributed by atoms with Crippen LogP contribution in [-0.4, -0.2) is 22.3 Å². The summed E-state index contributed by atoms with van der Waals surface area (Å²) in [6.45, 7) is 4.80. The van der Waals surface area contributed by atoms with E-state index in [9.17, 15) is 9.59 Å². The Balaban J connectivity index is 1.75. The fourth-order valence-corrected chi connectivity index (χ4v) is 2.55. The molecule has 0 aliphatic rings. The van der Waals surface area contributed by atoms with E-state index in [2.05, 4.69) is 10.4 Å². The summed E-state index contributed by atoms with van der Waals surface area (Å²) >= 11 is 0. The highest BCUT2D eigenvalue weighted by molar-refractivity contribution is 6.02. The fourth-order valence-electron chi connectivity index (χ4n) is 2.55. The van der Waals surface area contributed by atoms with Gasteiger partial charge in [0.15, 0.2) is 0 Å². The van der Waals surface area contributed by atoms with Gasteiger partial charge in [0.1, 0.15) is 11.4 Å². The van der Waals surface area contributed by atoms with Gasteiger partial charge >= 0.3 is 0 Å². The van der Waals surface area contributed by atoms with E-state index in [0.717, 1.165) is 16.9 Å². The van der Waals surface area contributed by atoms with E-state index in [1.807, 2.05) is 38.1 Å². The lowest BCUT2D eigenvalue weighted by molar-refractivity contribution is 0.102. The summed E-state index contributed by atoms with van der Waals surface area (Å²) in [5, 5.41) is 6.97. The van der Waals surface area contributed by atoms with Crippen LogP contribution in [0.3, 0.4) is 0 Å². The number of hydrogen-bond donors (Lipinski definition) is 1. The highest BCUT2D eigenvalue weighted by atomic mass is 16.5. The number of ether oxygens (including phenoxy) is 1. The van der Waals surface area contributed by atoms with Crippen molar-refractivity contribution < 1.29 is 9.53 Å². The summed E-state index contributed by atoms with van der Waals surface area (Å²) in [4.78, 5) is 24.5. The Labute approximate surface area is 157 Å². The molecule has 0 atom stereocenters. The van der Waals surface area contributed by atoms with Crippen LogP contribution in [-0.2, 0) is 6.54 Å². The molecule has 0 aliphatic carbocycles. The van der Waals surface area contributed by atoms with E-state index in [4.69, 9.17) is 4.74 Å². The van der Waals surface area contributed by atoms with Crippen molar-refractivity contribution in [2.24, 2.45) is 0 Å². The minimum absolute atomic E-state index is 0.176. The van der Waals surface area contributed by atoms with Gasteiger partial charge in [-0.05, 0) is 49.7 Å². The summed E-state index contributed by atoms with van der Waals surface area (Å²) < 4.78 is 6.67. The molecular formula is C21H21N3O3. The first kappa shape index (κ1) is 18.4. The van der Waals surface area contributed by atoms with Crippen molar-refractivity contribution in [2.75, 3.05) is 11.9 Å². The van der Waals surface area contributed by atoms with Gasteiger partial charge in [0.25, 0.3) is 11.5 Å². The van der Waals surface area contributed by atoms with Crippen LogP contribution < -0.4 is 15.6 Å². The fraction of sp³-hybridized carbons (Fsp3) is 0.190. The SMILES string of the molecule is CCOc1ccc(NC(=O)c2ccc(=O)n(Cc3ccc(C)cc3)n2)cc1. The van der Waals surface area contributed by atoms with Crippen LogP contribution in [0.2, 0.25) is 0 Å². The Kier molecular flexibility index (Phi) is 5.66. The van der Waals surface area contributed by atoms with Gasteiger partial charge in [0.2, 0.25) is 0 Å². The number of amides is 1. The van der Waals surface area contributed by atoms with Gasteiger partial charge in [-0.2, -0.15) is 5.10 Å². The molecule has 3 rings (SSSR count). The number of aromatic nitrogens is 2. The molecule has 1 N–H and O–H groups in total. The molecule has 2 aromatic carbocycles. The quantitative estimate of drug-likeness (QED) is 0.730. The van der Waals surface area contributed by atoms with Crippen molar-refractivity contribution >= 4 is 11.6 Å². The number of nitrogens with one attached hydrogen (secondary N) is 1. The molecule has 0 fully saturated rings. The van der Waals surface area contributed by atoms with Crippen LogP contribution >= 0.6 is 0 Å². The van der Waals surface area contributed by atoms with Crippen molar-refractivity contribution in [2.45, 2.75) is 20.4 Å². The number of anilines is 1. The van der Waals surface area contributed by atoms with Crippen molar-refractivity contribution in [3.63, 3.8) is 0 Å². The number of nitrogens with zero attached hydrogens (tertiary/aromatic N) is 2. The van der Waals surface area contributed by atoms with Crippen molar-refractivity contribution in [1.82, 2.24) is 9.78 Å². The van der Waals surface area contributed by atoms with E-state index in [-0.39, 0.29) is 17.2 Å². The lowest BCUT2D eigenvalue weighted by Gasteiger charge is -2.09. The molecule has 0 radical (unpaired) electrons. The maximum Gasteiger partial charge on any atom is 0.276 e. The van der Waals surface area contributed by atoms with Crippen molar-refractivity contribution in [3.8, 4) is 5.75 Å². The van der Waals surface area contributed by atoms with Crippen LogP contribution in [0.5, 0.6) is 5.75 Å². The minimum atomic E-state index is -0.378. The van der Waals surface area contributed by atoms with Crippen molar-refractivity contribution in [1.29, 1.82) is 0 Å². The van der Waals surface area contributed by atoms with E-state index in [1.54, 1.807) is 24.3 Å². The average molecular weight is 363 g/mol. The Morgan fingerprint density at radius 3 is 2.41 bits per heavy atom. The maximum absolute atomic E-state index is 12.5. The third-order valence-corrected chi connectivity index (χ3v) is 3.98. The number of hydrogen-bond acceptors (Lipinski definition) is 4. The second-order valence-electron chi connectivity index (χ2n) is 6.11. The number of carbonyl (C=O) groups is 1. The molecule has 0 saturated heterocycles. The predicted molar refractivity (Wildman–Crippen MR) is 104 cm³/mol. The molecule has 1 heterocycles. The van der Waals surface area contributed by atoms with Gasteiger partial charge in [-0.1, -0.05) is 29.8 Å². The molecule has 0 spiro atoms. The van der Waals surface area contributed by atoms with Gasteiger partial charge in [-0.3, -0.25) is 9.59 Å². The third kappa shape index (κ3) is 4.82. The molecule has 1 aromatic heterocycles. The molecule has 27 heavy (non-hydrogen) atoms. The van der Waals surface area contributed by atoms with E-state index < -0.39 is 0 Å². The monoisotopic (exact) mass is 363 g/mol. The van der Waals surface area contributed by atoms with Gasteiger partial charge < -0.3 is 10.1 Å². The molecule has 0 bridgehead atoms. The molecule has 0 saturated carbocycles. The van der Waals surface area contributed by atoms with Crippen LogP contribution in [0.4, 0.5) is 5.69 Å². The second-order valence-corrected chi connectivity index (χ2v) is 6.11. The molecular weight excluding hydrogens is 342 g/mol. The Bertz CT molecular complexity index is 977. The molecule has 0 unspecified atom stereocenters. The van der Waals surface area contributed by atoms with Gasteiger partial charge in [-0.25, -0.2) is 4.68 Å². The highest BCUT2D eigenvalue weighted by Crippen LogP contribution is 2.16. The highest BCUT2D eigenvalue weighted by Gasteiger charge is 2.10. The van der Waals surface area contributed by atoms with Crippen LogP contribution in [0.1, 0.15) is 28.5 Å². The summed E-state index contributed by atoms with van der Waals surface area (Å²) in [7, 11) is 0. The maximum atomic E-state index is 12.5. The first-order valence-electron chi connectivity index (χ1n) is 8.73. The first-order chi connectivity index (χ1) is 13.0. The van der Waals surface area contributed by atoms with E-state index in [0.29, 0.717) is 18.8 Å². The summed E-state index contributed by atoms with van der Waals surface area (Å²) in [6, 6.07) is 17.7. The summed E-state index contributed by atoms with van der Waals surface area (Å²) in [6.07, 6.45) is 0. The first-order valence-corrected chi connectivity index (χ1v) is 8.73. The van der Waals surface area contributed by atoms with Crippen LogP contribution in [0.15, 0.2) is 65.5 Å². The Morgan fingerprint density at radius 2 is 1.74 bits per heavy atom. The minimum Gasteiger partial charge on any atom is -0.494 e. The van der Waals surface area contributed by atoms with Gasteiger partial charge in [0.05, 0.1) is 13.2 Å². The number of aryl methyl sites for hydroxylation is 1. The number of carbonyl (C=O) groups excluding carboxylic acids is 1. The molecule has 1 amide bonds. The van der Waals surface area contributed by atoms with Crippen molar-refractivity contribution in [3.05, 3.63) is 87.8 Å². The van der Waals surface area contributed by atoms with Crippen LogP contribution in [0, 0.1) is 6.92 Å².